The highest BCUT2D eigenvalue weighted by atomic mass is 35.5. The van der Waals surface area contributed by atoms with Gasteiger partial charge in [-0.1, -0.05) is 23.7 Å². The normalized spacial score (nSPS) is 11.3. The molecular formula is C17H12ClF3N4O4. The highest BCUT2D eigenvalue weighted by molar-refractivity contribution is 6.32. The van der Waals surface area contributed by atoms with E-state index in [0.717, 1.165) is 30.5 Å². The molecule has 2 aromatic carbocycles. The number of halogens is 4. The Bertz CT molecular complexity index is 979. The van der Waals surface area contributed by atoms with Crippen LogP contribution in [0.15, 0.2) is 47.6 Å². The number of hydrogen-bond acceptors (Lipinski definition) is 5. The number of nitrogens with zero attached hydrogens (tertiary/aromatic N) is 2. The largest absolute Gasteiger partial charge is 0.416 e. The molecule has 0 saturated carbocycles. The predicted molar refractivity (Wildman–Crippen MR) is 98.5 cm³/mol. The van der Waals surface area contributed by atoms with Gasteiger partial charge in [0.2, 0.25) is 11.8 Å². The molecule has 152 valence electrons. The molecule has 0 spiro atoms. The molecule has 0 aromatic heterocycles. The highest BCUT2D eigenvalue weighted by Gasteiger charge is 2.30. The van der Waals surface area contributed by atoms with E-state index in [0.29, 0.717) is 0 Å². The van der Waals surface area contributed by atoms with Crippen molar-refractivity contribution < 1.29 is 27.7 Å². The molecule has 12 heteroatoms. The summed E-state index contributed by atoms with van der Waals surface area (Å²) >= 11 is 5.67. The lowest BCUT2D eigenvalue weighted by Crippen LogP contribution is -2.24. The Hall–Kier alpha value is -3.47. The maximum atomic E-state index is 12.6. The van der Waals surface area contributed by atoms with E-state index in [4.69, 9.17) is 11.6 Å². The zero-order chi connectivity index (χ0) is 21.6. The molecule has 0 aliphatic carbocycles. The van der Waals surface area contributed by atoms with E-state index < -0.39 is 34.9 Å². The van der Waals surface area contributed by atoms with Crippen LogP contribution >= 0.6 is 11.6 Å². The summed E-state index contributed by atoms with van der Waals surface area (Å²) in [6.07, 6.45) is -4.16. The van der Waals surface area contributed by atoms with Crippen molar-refractivity contribution in [2.75, 3.05) is 5.32 Å². The van der Waals surface area contributed by atoms with E-state index in [1.165, 1.54) is 18.2 Å². The number of nitrogens with one attached hydrogen (secondary N) is 2. The molecule has 8 nitrogen and oxygen atoms in total. The van der Waals surface area contributed by atoms with Crippen LogP contribution < -0.4 is 10.7 Å². The van der Waals surface area contributed by atoms with Gasteiger partial charge in [0, 0.05) is 17.3 Å². The Labute approximate surface area is 166 Å². The molecule has 0 aliphatic rings. The smallest absolute Gasteiger partial charge is 0.326 e. The summed E-state index contributed by atoms with van der Waals surface area (Å²) in [6, 6.07) is 7.79. The van der Waals surface area contributed by atoms with E-state index in [1.807, 2.05) is 5.43 Å². The standard InChI is InChI=1S/C17H12ClF3N4O4/c18-13-5-4-10(6-14(13)25(28)29)9-22-24-16(27)8-15(26)23-12-3-1-2-11(7-12)17(19,20)21/h1-7,9H,8H2,(H,23,26)(H,24,27). The quantitative estimate of drug-likeness (QED) is 0.315. The zero-order valence-corrected chi connectivity index (χ0v) is 15.1. The van der Waals surface area contributed by atoms with Gasteiger partial charge in [0.05, 0.1) is 16.7 Å². The number of benzene rings is 2. The Morgan fingerprint density at radius 2 is 1.90 bits per heavy atom. The second kappa shape index (κ2) is 9.15. The predicted octanol–water partition coefficient (Wildman–Crippen LogP) is 3.75. The van der Waals surface area contributed by atoms with Gasteiger partial charge >= 0.3 is 6.18 Å². The van der Waals surface area contributed by atoms with E-state index >= 15 is 0 Å². The van der Waals surface area contributed by atoms with Crippen LogP contribution in [-0.2, 0) is 15.8 Å². The molecule has 2 N–H and O–H groups in total. The first-order chi connectivity index (χ1) is 13.6. The van der Waals surface area contributed by atoms with Gasteiger partial charge in [-0.15, -0.1) is 0 Å². The fourth-order valence-electron chi connectivity index (χ4n) is 2.09. The molecule has 2 aromatic rings. The number of carbonyl (C=O) groups is 2. The van der Waals surface area contributed by atoms with Crippen molar-refractivity contribution in [3.05, 3.63) is 68.7 Å². The van der Waals surface area contributed by atoms with Crippen LogP contribution in [-0.4, -0.2) is 23.0 Å². The van der Waals surface area contributed by atoms with Gasteiger partial charge in [-0.2, -0.15) is 18.3 Å². The van der Waals surface area contributed by atoms with Crippen molar-refractivity contribution >= 4 is 41.0 Å². The summed E-state index contributed by atoms with van der Waals surface area (Å²) in [7, 11) is 0. The highest BCUT2D eigenvalue weighted by Crippen LogP contribution is 2.30. The second-order valence-corrected chi connectivity index (χ2v) is 5.97. The lowest BCUT2D eigenvalue weighted by atomic mass is 10.2. The average Bonchev–Trinajstić information content (AvgIpc) is 2.62. The third kappa shape index (κ3) is 6.57. The monoisotopic (exact) mass is 428 g/mol. The molecular weight excluding hydrogens is 417 g/mol. The maximum absolute atomic E-state index is 12.6. The van der Waals surface area contributed by atoms with E-state index in [1.54, 1.807) is 0 Å². The van der Waals surface area contributed by atoms with Gasteiger partial charge < -0.3 is 5.32 Å². The molecule has 2 amide bonds. The third-order valence-corrected chi connectivity index (χ3v) is 3.68. The lowest BCUT2D eigenvalue weighted by molar-refractivity contribution is -0.384. The molecule has 0 atom stereocenters. The van der Waals surface area contributed by atoms with Crippen molar-refractivity contribution in [3.63, 3.8) is 0 Å². The van der Waals surface area contributed by atoms with E-state index in [9.17, 15) is 32.9 Å². The number of carbonyl (C=O) groups excluding carboxylic acids is 2. The molecule has 0 heterocycles. The topological polar surface area (TPSA) is 114 Å². The van der Waals surface area contributed by atoms with Crippen molar-refractivity contribution in [3.8, 4) is 0 Å². The van der Waals surface area contributed by atoms with Crippen LogP contribution in [0.3, 0.4) is 0 Å². The molecule has 0 fully saturated rings. The minimum atomic E-state index is -4.57. The maximum Gasteiger partial charge on any atom is 0.416 e. The molecule has 2 rings (SSSR count). The van der Waals surface area contributed by atoms with Gasteiger partial charge in [-0.3, -0.25) is 19.7 Å². The van der Waals surface area contributed by atoms with Crippen LogP contribution in [0, 0.1) is 10.1 Å². The molecule has 0 saturated heterocycles. The first-order valence-electron chi connectivity index (χ1n) is 7.79. The molecule has 0 radical (unpaired) electrons. The van der Waals surface area contributed by atoms with Crippen LogP contribution in [0.4, 0.5) is 24.5 Å². The fourth-order valence-corrected chi connectivity index (χ4v) is 2.28. The van der Waals surface area contributed by atoms with Crippen LogP contribution in [0.25, 0.3) is 0 Å². The first-order valence-corrected chi connectivity index (χ1v) is 8.17. The van der Waals surface area contributed by atoms with Gasteiger partial charge in [0.15, 0.2) is 0 Å². The van der Waals surface area contributed by atoms with Crippen molar-refractivity contribution in [1.29, 1.82) is 0 Å². The van der Waals surface area contributed by atoms with E-state index in [2.05, 4.69) is 10.4 Å². The number of hydrogen-bond donors (Lipinski definition) is 2. The molecule has 0 unspecified atom stereocenters. The number of nitro benzene ring substituents is 1. The average molecular weight is 429 g/mol. The summed E-state index contributed by atoms with van der Waals surface area (Å²) in [6.45, 7) is 0. The van der Waals surface area contributed by atoms with Crippen LogP contribution in [0.1, 0.15) is 17.5 Å². The summed E-state index contributed by atoms with van der Waals surface area (Å²) in [5.41, 5.74) is 0.902. The van der Waals surface area contributed by atoms with Crippen molar-refractivity contribution in [2.45, 2.75) is 12.6 Å². The second-order valence-electron chi connectivity index (χ2n) is 5.56. The van der Waals surface area contributed by atoms with Crippen LogP contribution in [0.5, 0.6) is 0 Å². The number of amides is 2. The Balaban J connectivity index is 1.91. The van der Waals surface area contributed by atoms with Crippen LogP contribution in [0.2, 0.25) is 5.02 Å². The number of anilines is 1. The summed E-state index contributed by atoms with van der Waals surface area (Å²) in [5, 5.41) is 16.5. The number of nitro groups is 1. The number of hydrazone groups is 1. The molecule has 0 aliphatic heterocycles. The summed E-state index contributed by atoms with van der Waals surface area (Å²) in [4.78, 5) is 33.6. The third-order valence-electron chi connectivity index (χ3n) is 3.36. The first kappa shape index (κ1) is 21.8. The van der Waals surface area contributed by atoms with Crippen molar-refractivity contribution in [2.24, 2.45) is 5.10 Å². The van der Waals surface area contributed by atoms with Gasteiger partial charge in [-0.25, -0.2) is 5.43 Å². The SMILES string of the molecule is O=C(CC(=O)Nc1cccc(C(F)(F)F)c1)NN=Cc1ccc(Cl)c([N+](=O)[O-])c1. The van der Waals surface area contributed by atoms with Gasteiger partial charge in [-0.05, 0) is 24.3 Å². The lowest BCUT2D eigenvalue weighted by Gasteiger charge is -2.09. The summed E-state index contributed by atoms with van der Waals surface area (Å²) in [5.74, 6) is -1.69. The Kier molecular flexibility index (Phi) is 6.89. The van der Waals surface area contributed by atoms with Crippen molar-refractivity contribution in [1.82, 2.24) is 5.43 Å². The van der Waals surface area contributed by atoms with Gasteiger partial charge in [0.25, 0.3) is 5.69 Å². The van der Waals surface area contributed by atoms with Gasteiger partial charge in [0.1, 0.15) is 11.4 Å². The Morgan fingerprint density at radius 1 is 1.17 bits per heavy atom. The minimum Gasteiger partial charge on any atom is -0.326 e. The number of alkyl halides is 3. The molecule has 29 heavy (non-hydrogen) atoms. The van der Waals surface area contributed by atoms with E-state index in [-0.39, 0.29) is 22.0 Å². The zero-order valence-electron chi connectivity index (χ0n) is 14.4. The fraction of sp³-hybridized carbons (Fsp3) is 0.118. The number of rotatable bonds is 6. The molecule has 0 bridgehead atoms. The Morgan fingerprint density at radius 3 is 2.55 bits per heavy atom. The minimum absolute atomic E-state index is 0.0672. The summed E-state index contributed by atoms with van der Waals surface area (Å²) < 4.78 is 37.9.